The van der Waals surface area contributed by atoms with E-state index in [2.05, 4.69) is 10.2 Å². The second-order valence-corrected chi connectivity index (χ2v) is 5.62. The van der Waals surface area contributed by atoms with E-state index in [0.29, 0.717) is 11.4 Å². The lowest BCUT2D eigenvalue weighted by Gasteiger charge is -2.05. The molecule has 7 nitrogen and oxygen atoms in total. The SMILES string of the molecule is Cc1cc(C(=O)NS(=O)(=O)c2ccc(N)cc2)n[nH]1. The minimum atomic E-state index is -3.92. The number of anilines is 1. The molecule has 1 amide bonds. The van der Waals surface area contributed by atoms with Crippen LogP contribution in [0.1, 0.15) is 16.2 Å². The van der Waals surface area contributed by atoms with Gasteiger partial charge in [-0.1, -0.05) is 0 Å². The molecule has 100 valence electrons. The molecule has 2 aromatic rings. The molecule has 2 rings (SSSR count). The number of hydrogen-bond donors (Lipinski definition) is 3. The molecule has 0 aliphatic carbocycles. The zero-order chi connectivity index (χ0) is 14.0. The Morgan fingerprint density at radius 1 is 1.32 bits per heavy atom. The quantitative estimate of drug-likeness (QED) is 0.704. The molecule has 0 unspecified atom stereocenters. The lowest BCUT2D eigenvalue weighted by molar-refractivity contribution is 0.0976. The maximum Gasteiger partial charge on any atom is 0.285 e. The number of carbonyl (C=O) groups is 1. The minimum absolute atomic E-state index is 0.0107. The van der Waals surface area contributed by atoms with Gasteiger partial charge in [-0.15, -0.1) is 0 Å². The van der Waals surface area contributed by atoms with Crippen LogP contribution in [0.5, 0.6) is 0 Å². The number of nitrogens with two attached hydrogens (primary N) is 1. The molecule has 1 aromatic carbocycles. The van der Waals surface area contributed by atoms with Gasteiger partial charge in [0, 0.05) is 11.4 Å². The molecule has 0 radical (unpaired) electrons. The van der Waals surface area contributed by atoms with Crippen LogP contribution in [0.25, 0.3) is 0 Å². The van der Waals surface area contributed by atoms with E-state index in [9.17, 15) is 13.2 Å². The molecule has 19 heavy (non-hydrogen) atoms. The van der Waals surface area contributed by atoms with E-state index in [-0.39, 0.29) is 10.6 Å². The summed E-state index contributed by atoms with van der Waals surface area (Å²) in [7, 11) is -3.92. The summed E-state index contributed by atoms with van der Waals surface area (Å²) < 4.78 is 25.8. The summed E-state index contributed by atoms with van der Waals surface area (Å²) in [4.78, 5) is 11.7. The van der Waals surface area contributed by atoms with E-state index in [1.54, 1.807) is 6.92 Å². The van der Waals surface area contributed by atoms with Crippen molar-refractivity contribution in [3.05, 3.63) is 41.7 Å². The molecule has 4 N–H and O–H groups in total. The smallest absolute Gasteiger partial charge is 0.285 e. The third-order valence-electron chi connectivity index (χ3n) is 2.36. The Morgan fingerprint density at radius 2 is 1.95 bits per heavy atom. The van der Waals surface area contributed by atoms with Crippen molar-refractivity contribution < 1.29 is 13.2 Å². The van der Waals surface area contributed by atoms with Crippen LogP contribution in [0.15, 0.2) is 35.2 Å². The van der Waals surface area contributed by atoms with E-state index < -0.39 is 15.9 Å². The first-order chi connectivity index (χ1) is 8.88. The van der Waals surface area contributed by atoms with Crippen LogP contribution in [-0.2, 0) is 10.0 Å². The van der Waals surface area contributed by atoms with Gasteiger partial charge in [0.2, 0.25) is 0 Å². The second-order valence-electron chi connectivity index (χ2n) is 3.94. The van der Waals surface area contributed by atoms with Crippen molar-refractivity contribution in [2.24, 2.45) is 0 Å². The fourth-order valence-electron chi connectivity index (χ4n) is 1.41. The molecule has 0 spiro atoms. The fraction of sp³-hybridized carbons (Fsp3) is 0.0909. The highest BCUT2D eigenvalue weighted by atomic mass is 32.2. The molecule has 8 heteroatoms. The van der Waals surface area contributed by atoms with Gasteiger partial charge in [-0.3, -0.25) is 9.89 Å². The van der Waals surface area contributed by atoms with Crippen LogP contribution in [0.3, 0.4) is 0 Å². The Kier molecular flexibility index (Phi) is 3.26. The molecule has 0 atom stereocenters. The first kappa shape index (κ1) is 13.1. The maximum atomic E-state index is 11.9. The van der Waals surface area contributed by atoms with Crippen LogP contribution in [0, 0.1) is 6.92 Å². The number of amides is 1. The van der Waals surface area contributed by atoms with Crippen LogP contribution >= 0.6 is 0 Å². The predicted octanol–water partition coefficient (Wildman–Crippen LogP) is 0.419. The number of H-pyrrole nitrogens is 1. The van der Waals surface area contributed by atoms with Gasteiger partial charge in [-0.05, 0) is 37.3 Å². The summed E-state index contributed by atoms with van der Waals surface area (Å²) in [6.45, 7) is 1.71. The molecule has 0 bridgehead atoms. The summed E-state index contributed by atoms with van der Waals surface area (Å²) in [6.07, 6.45) is 0. The van der Waals surface area contributed by atoms with Gasteiger partial charge in [0.15, 0.2) is 5.69 Å². The van der Waals surface area contributed by atoms with E-state index in [4.69, 9.17) is 5.73 Å². The number of benzene rings is 1. The van der Waals surface area contributed by atoms with Gasteiger partial charge in [0.25, 0.3) is 15.9 Å². The van der Waals surface area contributed by atoms with Crippen LogP contribution < -0.4 is 10.5 Å². The topological polar surface area (TPSA) is 118 Å². The first-order valence-corrected chi connectivity index (χ1v) is 6.81. The van der Waals surface area contributed by atoms with Crippen LogP contribution in [-0.4, -0.2) is 24.5 Å². The molecule has 0 saturated carbocycles. The molecule has 0 aliphatic heterocycles. The molecule has 1 heterocycles. The predicted molar refractivity (Wildman–Crippen MR) is 68.8 cm³/mol. The summed E-state index contributed by atoms with van der Waals surface area (Å²) in [6, 6.07) is 6.98. The van der Waals surface area contributed by atoms with Gasteiger partial charge in [-0.25, -0.2) is 13.1 Å². The number of rotatable bonds is 3. The monoisotopic (exact) mass is 280 g/mol. The largest absolute Gasteiger partial charge is 0.399 e. The van der Waals surface area contributed by atoms with Crippen molar-refractivity contribution in [2.75, 3.05) is 5.73 Å². The number of aromatic nitrogens is 2. The van der Waals surface area contributed by atoms with Crippen LogP contribution in [0.4, 0.5) is 5.69 Å². The van der Waals surface area contributed by atoms with E-state index >= 15 is 0 Å². The Hall–Kier alpha value is -2.35. The Labute approximate surface area is 109 Å². The van der Waals surface area contributed by atoms with Crippen molar-refractivity contribution in [2.45, 2.75) is 11.8 Å². The lowest BCUT2D eigenvalue weighted by atomic mass is 10.3. The highest BCUT2D eigenvalue weighted by molar-refractivity contribution is 7.90. The number of nitrogen functional groups attached to an aromatic ring is 1. The minimum Gasteiger partial charge on any atom is -0.399 e. The van der Waals surface area contributed by atoms with E-state index in [1.807, 2.05) is 4.72 Å². The second kappa shape index (κ2) is 4.73. The Balaban J connectivity index is 2.22. The molecular weight excluding hydrogens is 268 g/mol. The number of aryl methyl sites for hydroxylation is 1. The summed E-state index contributed by atoms with van der Waals surface area (Å²) in [5.74, 6) is -0.791. The summed E-state index contributed by atoms with van der Waals surface area (Å²) in [5, 5.41) is 6.25. The number of hydrogen-bond acceptors (Lipinski definition) is 5. The van der Waals surface area contributed by atoms with Crippen molar-refractivity contribution in [1.82, 2.24) is 14.9 Å². The third-order valence-corrected chi connectivity index (χ3v) is 3.70. The average Bonchev–Trinajstić information content (AvgIpc) is 2.76. The molecule has 0 saturated heterocycles. The van der Waals surface area contributed by atoms with Gasteiger partial charge in [-0.2, -0.15) is 5.10 Å². The Morgan fingerprint density at radius 3 is 2.47 bits per heavy atom. The molecule has 0 aliphatic rings. The number of carbonyl (C=O) groups excluding carboxylic acids is 1. The first-order valence-electron chi connectivity index (χ1n) is 5.33. The zero-order valence-electron chi connectivity index (χ0n) is 10.0. The van der Waals surface area contributed by atoms with Crippen molar-refractivity contribution in [3.63, 3.8) is 0 Å². The maximum absolute atomic E-state index is 11.9. The zero-order valence-corrected chi connectivity index (χ0v) is 10.9. The summed E-state index contributed by atoms with van der Waals surface area (Å²) in [5.41, 5.74) is 6.58. The van der Waals surface area contributed by atoms with Crippen molar-refractivity contribution >= 4 is 21.6 Å². The Bertz CT molecular complexity index is 704. The molecule has 0 fully saturated rings. The molecular formula is C11H12N4O3S. The number of nitrogens with zero attached hydrogens (tertiary/aromatic N) is 1. The van der Waals surface area contributed by atoms with Gasteiger partial charge in [0.1, 0.15) is 0 Å². The van der Waals surface area contributed by atoms with Gasteiger partial charge >= 0.3 is 0 Å². The van der Waals surface area contributed by atoms with E-state index in [0.717, 1.165) is 0 Å². The fourth-order valence-corrected chi connectivity index (χ4v) is 2.38. The lowest BCUT2D eigenvalue weighted by Crippen LogP contribution is -2.30. The van der Waals surface area contributed by atoms with E-state index in [1.165, 1.54) is 30.3 Å². The number of nitrogens with one attached hydrogen (secondary N) is 2. The van der Waals surface area contributed by atoms with Crippen molar-refractivity contribution in [1.29, 1.82) is 0 Å². The van der Waals surface area contributed by atoms with Gasteiger partial charge in [0.05, 0.1) is 4.90 Å². The van der Waals surface area contributed by atoms with Crippen LogP contribution in [0.2, 0.25) is 0 Å². The van der Waals surface area contributed by atoms with Crippen molar-refractivity contribution in [3.8, 4) is 0 Å². The molecule has 1 aromatic heterocycles. The number of sulfonamides is 1. The third kappa shape index (κ3) is 2.91. The van der Waals surface area contributed by atoms with Gasteiger partial charge < -0.3 is 5.73 Å². The number of aromatic amines is 1. The summed E-state index contributed by atoms with van der Waals surface area (Å²) >= 11 is 0. The average molecular weight is 280 g/mol. The normalized spacial score (nSPS) is 11.2. The highest BCUT2D eigenvalue weighted by Crippen LogP contribution is 2.12. The highest BCUT2D eigenvalue weighted by Gasteiger charge is 2.19. The standard InChI is InChI=1S/C11H12N4O3S/c1-7-6-10(14-13-7)11(16)15-19(17,18)9-4-2-8(12)3-5-9/h2-6H,12H2,1H3,(H,13,14)(H,15,16).